The first kappa shape index (κ1) is 20.0. The topological polar surface area (TPSA) is 66.3 Å². The van der Waals surface area contributed by atoms with Gasteiger partial charge in [0.05, 0.1) is 24.5 Å². The van der Waals surface area contributed by atoms with Crippen LogP contribution in [0.25, 0.3) is 0 Å². The molecule has 0 aromatic carbocycles. The molecule has 2 aliphatic heterocycles. The molecule has 29 heavy (non-hydrogen) atoms. The van der Waals surface area contributed by atoms with Crippen LogP contribution in [0.3, 0.4) is 0 Å². The molecule has 156 valence electrons. The molecule has 4 rings (SSSR count). The number of carbonyl (C=O) groups excluding carboxylic acids is 1. The summed E-state index contributed by atoms with van der Waals surface area (Å²) in [5.41, 5.74) is 2.46. The highest BCUT2D eigenvalue weighted by molar-refractivity contribution is 5.82. The van der Waals surface area contributed by atoms with Gasteiger partial charge in [0.25, 0.3) is 0 Å². The number of carbonyl (C=O) groups is 1. The SMILES string of the molecule is CCn1cc(CN2CCC3(CC2)CC(C(=O)NCc2ccccn2)N(C)C3)cn1. The van der Waals surface area contributed by atoms with E-state index in [1.165, 1.54) is 5.56 Å². The van der Waals surface area contributed by atoms with Crippen molar-refractivity contribution in [2.24, 2.45) is 5.41 Å². The van der Waals surface area contributed by atoms with Crippen molar-refractivity contribution in [1.29, 1.82) is 0 Å². The van der Waals surface area contributed by atoms with Crippen molar-refractivity contribution in [2.45, 2.75) is 51.9 Å². The van der Waals surface area contributed by atoms with Gasteiger partial charge in [-0.1, -0.05) is 6.07 Å². The lowest BCUT2D eigenvalue weighted by molar-refractivity contribution is -0.125. The number of hydrogen-bond acceptors (Lipinski definition) is 5. The Morgan fingerprint density at radius 1 is 1.31 bits per heavy atom. The normalized spacial score (nSPS) is 22.2. The Balaban J connectivity index is 1.28. The molecule has 2 fully saturated rings. The number of hydrogen-bond donors (Lipinski definition) is 1. The van der Waals surface area contributed by atoms with Gasteiger partial charge in [0.15, 0.2) is 0 Å². The van der Waals surface area contributed by atoms with E-state index < -0.39 is 0 Å². The first-order valence-electron chi connectivity index (χ1n) is 10.7. The zero-order valence-corrected chi connectivity index (χ0v) is 17.5. The van der Waals surface area contributed by atoms with Crippen LogP contribution in [-0.2, 0) is 24.4 Å². The molecular weight excluding hydrogens is 364 g/mol. The van der Waals surface area contributed by atoms with Crippen LogP contribution in [0.1, 0.15) is 37.4 Å². The van der Waals surface area contributed by atoms with Crippen LogP contribution in [0.5, 0.6) is 0 Å². The first-order valence-corrected chi connectivity index (χ1v) is 10.7. The second-order valence-corrected chi connectivity index (χ2v) is 8.65. The van der Waals surface area contributed by atoms with E-state index in [1.54, 1.807) is 6.20 Å². The molecule has 1 spiro atoms. The number of likely N-dealkylation sites (N-methyl/N-ethyl adjacent to an activating group) is 1. The van der Waals surface area contributed by atoms with Crippen LogP contribution < -0.4 is 5.32 Å². The predicted octanol–water partition coefficient (Wildman–Crippen LogP) is 1.90. The van der Waals surface area contributed by atoms with E-state index in [2.05, 4.69) is 45.4 Å². The number of pyridine rings is 1. The van der Waals surface area contributed by atoms with E-state index >= 15 is 0 Å². The number of aromatic nitrogens is 3. The molecule has 0 saturated carbocycles. The van der Waals surface area contributed by atoms with E-state index in [0.717, 1.165) is 57.7 Å². The average molecular weight is 397 g/mol. The van der Waals surface area contributed by atoms with Crippen molar-refractivity contribution in [2.75, 3.05) is 26.7 Å². The fourth-order valence-electron chi connectivity index (χ4n) is 4.83. The maximum atomic E-state index is 12.8. The number of likely N-dealkylation sites (tertiary alicyclic amines) is 2. The lowest BCUT2D eigenvalue weighted by Gasteiger charge is -2.39. The molecule has 4 heterocycles. The van der Waals surface area contributed by atoms with Gasteiger partial charge in [-0.25, -0.2) is 0 Å². The number of nitrogens with zero attached hydrogens (tertiary/aromatic N) is 5. The standard InChI is InChI=1S/C22H32N6O/c1-3-28-16-18(13-25-28)15-27-10-7-22(8-11-27)12-20(26(2)17-22)21(29)24-14-19-6-4-5-9-23-19/h4-6,9,13,16,20H,3,7-8,10-12,14-15,17H2,1-2H3,(H,24,29). The maximum Gasteiger partial charge on any atom is 0.237 e. The van der Waals surface area contributed by atoms with E-state index in [-0.39, 0.29) is 17.4 Å². The zero-order valence-electron chi connectivity index (χ0n) is 17.5. The third kappa shape index (κ3) is 4.67. The summed E-state index contributed by atoms with van der Waals surface area (Å²) in [4.78, 5) is 21.8. The van der Waals surface area contributed by atoms with Crippen LogP contribution in [0.15, 0.2) is 36.8 Å². The monoisotopic (exact) mass is 396 g/mol. The summed E-state index contributed by atoms with van der Waals surface area (Å²) in [5, 5.41) is 7.46. The lowest BCUT2D eigenvalue weighted by Crippen LogP contribution is -2.41. The molecule has 2 aromatic heterocycles. The Morgan fingerprint density at radius 3 is 2.83 bits per heavy atom. The fraction of sp³-hybridized carbons (Fsp3) is 0.591. The molecule has 1 atom stereocenters. The minimum absolute atomic E-state index is 0.0342. The highest BCUT2D eigenvalue weighted by Gasteiger charge is 2.46. The third-order valence-electron chi connectivity index (χ3n) is 6.55. The van der Waals surface area contributed by atoms with Crippen LogP contribution in [0.2, 0.25) is 0 Å². The Hall–Kier alpha value is -2.25. The Bertz CT molecular complexity index is 812. The molecule has 2 saturated heterocycles. The van der Waals surface area contributed by atoms with Crippen molar-refractivity contribution in [3.8, 4) is 0 Å². The Morgan fingerprint density at radius 2 is 2.14 bits per heavy atom. The quantitative estimate of drug-likeness (QED) is 0.808. The molecule has 1 N–H and O–H groups in total. The molecule has 1 unspecified atom stereocenters. The average Bonchev–Trinajstić information content (AvgIpc) is 3.33. The van der Waals surface area contributed by atoms with Gasteiger partial charge in [0.1, 0.15) is 0 Å². The van der Waals surface area contributed by atoms with Gasteiger partial charge in [-0.05, 0) is 63.9 Å². The summed E-state index contributed by atoms with van der Waals surface area (Å²) in [5.74, 6) is 0.129. The van der Waals surface area contributed by atoms with Gasteiger partial charge < -0.3 is 5.32 Å². The second kappa shape index (κ2) is 8.63. The Kier molecular flexibility index (Phi) is 5.96. The third-order valence-corrected chi connectivity index (χ3v) is 6.55. The molecule has 0 bridgehead atoms. The molecule has 0 aliphatic carbocycles. The number of rotatable bonds is 6. The minimum Gasteiger partial charge on any atom is -0.349 e. The number of nitrogens with one attached hydrogen (secondary N) is 1. The summed E-state index contributed by atoms with van der Waals surface area (Å²) >= 11 is 0. The zero-order chi connectivity index (χ0) is 20.3. The van der Waals surface area contributed by atoms with Crippen LogP contribution >= 0.6 is 0 Å². The smallest absolute Gasteiger partial charge is 0.237 e. The fourth-order valence-corrected chi connectivity index (χ4v) is 4.83. The summed E-state index contributed by atoms with van der Waals surface area (Å²) < 4.78 is 1.99. The summed E-state index contributed by atoms with van der Waals surface area (Å²) in [6.45, 7) is 7.69. The van der Waals surface area contributed by atoms with Gasteiger partial charge >= 0.3 is 0 Å². The summed E-state index contributed by atoms with van der Waals surface area (Å²) in [7, 11) is 2.09. The molecule has 0 radical (unpaired) electrons. The summed E-state index contributed by atoms with van der Waals surface area (Å²) in [6.07, 6.45) is 9.17. The van der Waals surface area contributed by atoms with Crippen molar-refractivity contribution in [3.63, 3.8) is 0 Å². The largest absolute Gasteiger partial charge is 0.349 e. The second-order valence-electron chi connectivity index (χ2n) is 8.65. The van der Waals surface area contributed by atoms with E-state index in [1.807, 2.05) is 29.1 Å². The maximum absolute atomic E-state index is 12.8. The molecule has 7 heteroatoms. The van der Waals surface area contributed by atoms with Crippen molar-refractivity contribution in [1.82, 2.24) is 29.9 Å². The minimum atomic E-state index is -0.0342. The van der Waals surface area contributed by atoms with E-state index in [9.17, 15) is 4.79 Å². The number of aryl methyl sites for hydroxylation is 1. The molecule has 7 nitrogen and oxygen atoms in total. The molecule has 2 aliphatic rings. The highest BCUT2D eigenvalue weighted by Crippen LogP contribution is 2.43. The van der Waals surface area contributed by atoms with Gasteiger partial charge in [0.2, 0.25) is 5.91 Å². The summed E-state index contributed by atoms with van der Waals surface area (Å²) in [6, 6.07) is 5.75. The van der Waals surface area contributed by atoms with Gasteiger partial charge in [0, 0.05) is 37.6 Å². The van der Waals surface area contributed by atoms with Crippen molar-refractivity contribution < 1.29 is 4.79 Å². The predicted molar refractivity (Wildman–Crippen MR) is 112 cm³/mol. The molecule has 1 amide bonds. The molecule has 2 aromatic rings. The lowest BCUT2D eigenvalue weighted by atomic mass is 9.76. The Labute approximate surface area is 173 Å². The van der Waals surface area contributed by atoms with Gasteiger partial charge in [-0.3, -0.25) is 24.3 Å². The molecular formula is C22H32N6O. The van der Waals surface area contributed by atoms with Crippen LogP contribution in [0.4, 0.5) is 0 Å². The van der Waals surface area contributed by atoms with Crippen molar-refractivity contribution >= 4 is 5.91 Å². The van der Waals surface area contributed by atoms with Gasteiger partial charge in [-0.2, -0.15) is 5.10 Å². The number of piperidine rings is 1. The van der Waals surface area contributed by atoms with E-state index in [4.69, 9.17) is 0 Å². The first-order chi connectivity index (χ1) is 14.1. The van der Waals surface area contributed by atoms with E-state index in [0.29, 0.717) is 6.54 Å². The van der Waals surface area contributed by atoms with Crippen LogP contribution in [-0.4, -0.2) is 63.2 Å². The van der Waals surface area contributed by atoms with Crippen LogP contribution in [0, 0.1) is 5.41 Å². The number of amides is 1. The van der Waals surface area contributed by atoms with Gasteiger partial charge in [-0.15, -0.1) is 0 Å². The van der Waals surface area contributed by atoms with Crippen molar-refractivity contribution in [3.05, 3.63) is 48.0 Å². The highest BCUT2D eigenvalue weighted by atomic mass is 16.2.